The Balaban J connectivity index is 2.28. The highest BCUT2D eigenvalue weighted by Gasteiger charge is 2.33. The van der Waals surface area contributed by atoms with Crippen LogP contribution in [0.5, 0.6) is 11.5 Å². The highest BCUT2D eigenvalue weighted by molar-refractivity contribution is 5.85. The van der Waals surface area contributed by atoms with Gasteiger partial charge in [0.15, 0.2) is 11.5 Å². The predicted octanol–water partition coefficient (Wildman–Crippen LogP) is 3.47. The number of nitro benzene ring substituents is 1. The van der Waals surface area contributed by atoms with Crippen LogP contribution >= 0.6 is 0 Å². The minimum Gasteiger partial charge on any atom is -0.504 e. The van der Waals surface area contributed by atoms with Gasteiger partial charge in [0.1, 0.15) is 5.69 Å². The van der Waals surface area contributed by atoms with Crippen LogP contribution < -0.4 is 5.43 Å². The van der Waals surface area contributed by atoms with E-state index in [1.54, 1.807) is 0 Å². The number of phenols is 2. The number of benzene rings is 2. The van der Waals surface area contributed by atoms with Crippen molar-refractivity contribution in [2.75, 3.05) is 5.43 Å². The van der Waals surface area contributed by atoms with Crippen LogP contribution in [0.4, 0.5) is 24.5 Å². The molecule has 0 spiro atoms. The molecular weight excluding hydrogens is 331 g/mol. The number of nitrogens with zero attached hydrogens (tertiary/aromatic N) is 2. The molecule has 0 atom stereocenters. The molecule has 10 heteroatoms. The van der Waals surface area contributed by atoms with Crippen LogP contribution in [0.25, 0.3) is 0 Å². The number of phenolic OH excluding ortho intramolecular Hbond substituents is 2. The summed E-state index contributed by atoms with van der Waals surface area (Å²) < 4.78 is 37.8. The Morgan fingerprint density at radius 3 is 2.54 bits per heavy atom. The zero-order valence-electron chi connectivity index (χ0n) is 11.8. The van der Waals surface area contributed by atoms with Gasteiger partial charge in [-0.15, -0.1) is 0 Å². The topological polar surface area (TPSA) is 108 Å². The summed E-state index contributed by atoms with van der Waals surface area (Å²) in [6.07, 6.45) is -3.66. The fraction of sp³-hybridized carbons (Fsp3) is 0.0714. The summed E-state index contributed by atoms with van der Waals surface area (Å²) in [7, 11) is 0. The van der Waals surface area contributed by atoms with Crippen molar-refractivity contribution in [3.05, 3.63) is 57.6 Å². The normalized spacial score (nSPS) is 11.6. The van der Waals surface area contributed by atoms with Crippen molar-refractivity contribution < 1.29 is 28.3 Å². The molecule has 0 aliphatic rings. The third-order valence-corrected chi connectivity index (χ3v) is 2.96. The zero-order chi connectivity index (χ0) is 17.9. The molecule has 0 aliphatic heterocycles. The van der Waals surface area contributed by atoms with Crippen molar-refractivity contribution in [3.63, 3.8) is 0 Å². The van der Waals surface area contributed by atoms with Crippen LogP contribution in [0, 0.1) is 10.1 Å². The Morgan fingerprint density at radius 2 is 1.92 bits per heavy atom. The average Bonchev–Trinajstić information content (AvgIpc) is 2.50. The lowest BCUT2D eigenvalue weighted by atomic mass is 10.1. The second-order valence-corrected chi connectivity index (χ2v) is 4.57. The van der Waals surface area contributed by atoms with Gasteiger partial charge in [-0.3, -0.25) is 15.5 Å². The molecular formula is C14H10F3N3O4. The number of para-hydroxylation sites is 1. The molecule has 126 valence electrons. The number of hydrogen-bond acceptors (Lipinski definition) is 6. The van der Waals surface area contributed by atoms with Crippen LogP contribution in [0.15, 0.2) is 41.5 Å². The van der Waals surface area contributed by atoms with E-state index in [1.807, 2.05) is 0 Å². The minimum atomic E-state index is -4.71. The number of hydrazone groups is 1. The first-order chi connectivity index (χ1) is 11.2. The number of rotatable bonds is 4. The molecule has 0 saturated carbocycles. The third kappa shape index (κ3) is 3.72. The highest BCUT2D eigenvalue weighted by Crippen LogP contribution is 2.35. The van der Waals surface area contributed by atoms with Crippen molar-refractivity contribution in [3.8, 4) is 11.5 Å². The van der Waals surface area contributed by atoms with Gasteiger partial charge in [0, 0.05) is 11.6 Å². The van der Waals surface area contributed by atoms with Gasteiger partial charge in [0.25, 0.3) is 5.69 Å². The van der Waals surface area contributed by atoms with E-state index in [0.717, 1.165) is 12.3 Å². The maximum absolute atomic E-state index is 12.6. The molecule has 2 rings (SSSR count). The number of anilines is 1. The molecule has 0 radical (unpaired) electrons. The molecule has 0 aromatic heterocycles. The van der Waals surface area contributed by atoms with Crippen molar-refractivity contribution in [2.45, 2.75) is 6.18 Å². The van der Waals surface area contributed by atoms with Crippen LogP contribution in [0.3, 0.4) is 0 Å². The van der Waals surface area contributed by atoms with E-state index in [0.29, 0.717) is 12.1 Å². The number of hydrogen-bond donors (Lipinski definition) is 3. The largest absolute Gasteiger partial charge is 0.504 e. The summed E-state index contributed by atoms with van der Waals surface area (Å²) in [4.78, 5) is 9.93. The molecule has 0 saturated heterocycles. The number of halogens is 3. The van der Waals surface area contributed by atoms with Crippen molar-refractivity contribution in [1.29, 1.82) is 0 Å². The van der Waals surface area contributed by atoms with Crippen LogP contribution in [-0.2, 0) is 6.18 Å². The van der Waals surface area contributed by atoms with Gasteiger partial charge < -0.3 is 10.2 Å². The predicted molar refractivity (Wildman–Crippen MR) is 79.1 cm³/mol. The Hall–Kier alpha value is -3.30. The van der Waals surface area contributed by atoms with Crippen molar-refractivity contribution in [2.24, 2.45) is 5.10 Å². The van der Waals surface area contributed by atoms with E-state index in [2.05, 4.69) is 10.5 Å². The lowest BCUT2D eigenvalue weighted by molar-refractivity contribution is -0.384. The van der Waals surface area contributed by atoms with Gasteiger partial charge >= 0.3 is 6.18 Å². The lowest BCUT2D eigenvalue weighted by Gasteiger charge is -2.08. The minimum absolute atomic E-state index is 0.108. The van der Waals surface area contributed by atoms with Gasteiger partial charge in [-0.2, -0.15) is 18.3 Å². The molecule has 7 nitrogen and oxygen atoms in total. The summed E-state index contributed by atoms with van der Waals surface area (Å²) >= 11 is 0. The quantitative estimate of drug-likeness (QED) is 0.341. The molecule has 2 aromatic rings. The van der Waals surface area contributed by atoms with Crippen LogP contribution in [0.2, 0.25) is 0 Å². The van der Waals surface area contributed by atoms with Crippen LogP contribution in [-0.4, -0.2) is 21.4 Å². The SMILES string of the molecule is O=[N+]([O-])c1cc(C(F)(F)F)ccc1NN=Cc1cccc(O)c1O. The molecule has 2 aromatic carbocycles. The first-order valence-electron chi connectivity index (χ1n) is 6.36. The van der Waals surface area contributed by atoms with Crippen molar-refractivity contribution in [1.82, 2.24) is 0 Å². The lowest BCUT2D eigenvalue weighted by Crippen LogP contribution is -2.06. The summed E-state index contributed by atoms with van der Waals surface area (Å²) in [6, 6.07) is 6.01. The highest BCUT2D eigenvalue weighted by atomic mass is 19.4. The maximum atomic E-state index is 12.6. The molecule has 24 heavy (non-hydrogen) atoms. The smallest absolute Gasteiger partial charge is 0.416 e. The summed E-state index contributed by atoms with van der Waals surface area (Å²) in [5, 5.41) is 33.4. The van der Waals surface area contributed by atoms with E-state index >= 15 is 0 Å². The fourth-order valence-corrected chi connectivity index (χ4v) is 1.78. The summed E-state index contributed by atoms with van der Waals surface area (Å²) in [6.45, 7) is 0. The summed E-state index contributed by atoms with van der Waals surface area (Å²) in [5.41, 5.74) is 0.123. The van der Waals surface area contributed by atoms with Gasteiger partial charge in [0.05, 0.1) is 16.7 Å². The second-order valence-electron chi connectivity index (χ2n) is 4.57. The van der Waals surface area contributed by atoms with Crippen molar-refractivity contribution >= 4 is 17.6 Å². The summed E-state index contributed by atoms with van der Waals surface area (Å²) in [5.74, 6) is -0.843. The van der Waals surface area contributed by atoms with Gasteiger partial charge in [-0.1, -0.05) is 6.07 Å². The molecule has 3 N–H and O–H groups in total. The Morgan fingerprint density at radius 1 is 1.21 bits per heavy atom. The average molecular weight is 341 g/mol. The van der Waals surface area contributed by atoms with Gasteiger partial charge in [0.2, 0.25) is 0 Å². The first-order valence-corrected chi connectivity index (χ1v) is 6.36. The third-order valence-electron chi connectivity index (χ3n) is 2.96. The van der Waals surface area contributed by atoms with Crippen LogP contribution in [0.1, 0.15) is 11.1 Å². The monoisotopic (exact) mass is 341 g/mol. The number of nitro groups is 1. The molecule has 0 heterocycles. The molecule has 0 aliphatic carbocycles. The van der Waals surface area contributed by atoms with E-state index in [9.17, 15) is 33.5 Å². The zero-order valence-corrected chi connectivity index (χ0v) is 11.8. The van der Waals surface area contributed by atoms with E-state index < -0.39 is 28.1 Å². The van der Waals surface area contributed by atoms with E-state index in [1.165, 1.54) is 18.2 Å². The van der Waals surface area contributed by atoms with Gasteiger partial charge in [-0.25, -0.2) is 0 Å². The Bertz CT molecular complexity index is 806. The molecule has 0 unspecified atom stereocenters. The van der Waals surface area contributed by atoms with E-state index in [4.69, 9.17) is 0 Å². The Kier molecular flexibility index (Phi) is 4.58. The number of nitrogens with one attached hydrogen (secondary N) is 1. The molecule has 0 bridgehead atoms. The molecule has 0 fully saturated rings. The van der Waals surface area contributed by atoms with Gasteiger partial charge in [-0.05, 0) is 24.3 Å². The van der Waals surface area contributed by atoms with E-state index in [-0.39, 0.29) is 17.0 Å². The fourth-order valence-electron chi connectivity index (χ4n) is 1.78. The number of alkyl halides is 3. The maximum Gasteiger partial charge on any atom is 0.416 e. The molecule has 0 amide bonds. The standard InChI is InChI=1S/C14H10F3N3O4/c15-14(16,17)9-4-5-10(11(6-9)20(23)24)19-18-7-8-2-1-3-12(21)13(8)22/h1-7,19,21-22H. The first kappa shape index (κ1) is 17.1. The second kappa shape index (κ2) is 6.44. The number of aromatic hydroxyl groups is 2. The Labute approximate surface area is 132 Å².